The molecule has 0 bridgehead atoms. The summed E-state index contributed by atoms with van der Waals surface area (Å²) in [6.45, 7) is 1.96. The summed E-state index contributed by atoms with van der Waals surface area (Å²) in [6.07, 6.45) is 0.951. The number of hydrogen-bond acceptors (Lipinski definition) is 4. The summed E-state index contributed by atoms with van der Waals surface area (Å²) in [7, 11) is -3.58. The lowest BCUT2D eigenvalue weighted by atomic mass is 9.97. The van der Waals surface area contributed by atoms with Crippen molar-refractivity contribution in [2.45, 2.75) is 24.8 Å². The molecule has 1 aliphatic rings. The highest BCUT2D eigenvalue weighted by atomic mass is 32.2. The largest absolute Gasteiger partial charge is 0.290 e. The molecule has 7 heteroatoms. The van der Waals surface area contributed by atoms with E-state index in [1.807, 2.05) is 11.4 Å². The van der Waals surface area contributed by atoms with Crippen LogP contribution in [0.5, 0.6) is 0 Å². The van der Waals surface area contributed by atoms with Gasteiger partial charge in [0.1, 0.15) is 5.82 Å². The van der Waals surface area contributed by atoms with E-state index in [9.17, 15) is 12.8 Å². The fourth-order valence-electron chi connectivity index (χ4n) is 3.81. The normalized spacial score (nSPS) is 15.8. The van der Waals surface area contributed by atoms with E-state index in [0.717, 1.165) is 25.1 Å². The zero-order valence-electron chi connectivity index (χ0n) is 15.9. The van der Waals surface area contributed by atoms with Gasteiger partial charge in [-0.1, -0.05) is 36.4 Å². The molecule has 1 N–H and O–H groups in total. The maximum atomic E-state index is 13.4. The molecule has 0 saturated heterocycles. The Morgan fingerprint density at radius 3 is 2.69 bits per heavy atom. The molecule has 3 aromatic rings. The van der Waals surface area contributed by atoms with Gasteiger partial charge in [-0.2, -0.15) is 11.3 Å². The van der Waals surface area contributed by atoms with E-state index in [4.69, 9.17) is 0 Å². The number of hydrogen-bond donors (Lipinski definition) is 1. The lowest BCUT2D eigenvalue weighted by Crippen LogP contribution is -2.40. The number of nitrogens with one attached hydrogen (secondary N) is 1. The third kappa shape index (κ3) is 5.11. The number of thiophene rings is 1. The maximum Gasteiger partial charge on any atom is 0.215 e. The molecule has 0 amide bonds. The van der Waals surface area contributed by atoms with Gasteiger partial charge < -0.3 is 0 Å². The van der Waals surface area contributed by atoms with Gasteiger partial charge in [-0.25, -0.2) is 17.5 Å². The molecule has 4 nitrogen and oxygen atoms in total. The highest BCUT2D eigenvalue weighted by Crippen LogP contribution is 2.29. The SMILES string of the molecule is O=S(=O)(Cc1cccc(F)c1)NCC(c1ccsc1)N1CCc2ccccc2C1. The Hall–Kier alpha value is -2.06. The van der Waals surface area contributed by atoms with Crippen molar-refractivity contribution in [2.75, 3.05) is 13.1 Å². The first kappa shape index (κ1) is 20.2. The van der Waals surface area contributed by atoms with E-state index in [1.165, 1.54) is 29.3 Å². The number of nitrogens with zero attached hydrogens (tertiary/aromatic N) is 1. The van der Waals surface area contributed by atoms with Crippen molar-refractivity contribution in [3.05, 3.63) is 93.4 Å². The van der Waals surface area contributed by atoms with Crippen molar-refractivity contribution in [2.24, 2.45) is 0 Å². The summed E-state index contributed by atoms with van der Waals surface area (Å²) in [5.74, 6) is -0.662. The van der Waals surface area contributed by atoms with E-state index in [-0.39, 0.29) is 18.3 Å². The summed E-state index contributed by atoms with van der Waals surface area (Å²) in [4.78, 5) is 2.33. The summed E-state index contributed by atoms with van der Waals surface area (Å²) in [6, 6.07) is 16.1. The minimum atomic E-state index is -3.58. The number of halogens is 1. The second-order valence-corrected chi connectivity index (χ2v) is 9.89. The van der Waals surface area contributed by atoms with E-state index in [0.29, 0.717) is 5.56 Å². The van der Waals surface area contributed by atoms with Gasteiger partial charge in [-0.3, -0.25) is 4.90 Å². The molecule has 1 aromatic heterocycles. The van der Waals surface area contributed by atoms with Crippen molar-refractivity contribution in [3.63, 3.8) is 0 Å². The van der Waals surface area contributed by atoms with E-state index < -0.39 is 15.8 Å². The van der Waals surface area contributed by atoms with Gasteiger partial charge in [0, 0.05) is 25.7 Å². The van der Waals surface area contributed by atoms with E-state index in [2.05, 4.69) is 39.3 Å². The average Bonchev–Trinajstić information content (AvgIpc) is 3.22. The van der Waals surface area contributed by atoms with Crippen LogP contribution in [0.3, 0.4) is 0 Å². The Morgan fingerprint density at radius 1 is 1.10 bits per heavy atom. The first-order valence-electron chi connectivity index (χ1n) is 9.55. The number of sulfonamides is 1. The zero-order chi connectivity index (χ0) is 20.3. The Labute approximate surface area is 175 Å². The number of rotatable bonds is 7. The van der Waals surface area contributed by atoms with Gasteiger partial charge in [0.2, 0.25) is 10.0 Å². The number of fused-ring (bicyclic) bond motifs is 1. The third-order valence-electron chi connectivity index (χ3n) is 5.27. The predicted molar refractivity (Wildman–Crippen MR) is 115 cm³/mol. The Kier molecular flexibility index (Phi) is 6.10. The molecule has 29 heavy (non-hydrogen) atoms. The van der Waals surface area contributed by atoms with Crippen LogP contribution in [0, 0.1) is 5.82 Å². The molecular weight excluding hydrogens is 407 g/mol. The maximum absolute atomic E-state index is 13.4. The monoisotopic (exact) mass is 430 g/mol. The highest BCUT2D eigenvalue weighted by molar-refractivity contribution is 7.88. The van der Waals surface area contributed by atoms with Crippen LogP contribution >= 0.6 is 11.3 Å². The topological polar surface area (TPSA) is 49.4 Å². The standard InChI is InChI=1S/C22H23FN2O2S2/c23-21-7-3-4-17(12-21)16-29(26,27)24-13-22(20-9-11-28-15-20)25-10-8-18-5-1-2-6-19(18)14-25/h1-7,9,11-12,15,22,24H,8,10,13-14,16H2. The van der Waals surface area contributed by atoms with Crippen molar-refractivity contribution in [1.82, 2.24) is 9.62 Å². The molecule has 0 aliphatic carbocycles. The third-order valence-corrected chi connectivity index (χ3v) is 7.29. The van der Waals surface area contributed by atoms with Crippen LogP contribution in [0.4, 0.5) is 4.39 Å². The Bertz CT molecular complexity index is 1070. The van der Waals surface area contributed by atoms with E-state index in [1.54, 1.807) is 17.4 Å². The summed E-state index contributed by atoms with van der Waals surface area (Å²) in [5.41, 5.74) is 4.21. The minimum absolute atomic E-state index is 0.0445. The first-order chi connectivity index (χ1) is 14.0. The van der Waals surface area contributed by atoms with Crippen LogP contribution in [-0.4, -0.2) is 26.4 Å². The highest BCUT2D eigenvalue weighted by Gasteiger charge is 2.26. The molecule has 0 radical (unpaired) electrons. The first-order valence-corrected chi connectivity index (χ1v) is 12.1. The van der Waals surface area contributed by atoms with Crippen molar-refractivity contribution in [1.29, 1.82) is 0 Å². The fourth-order valence-corrected chi connectivity index (χ4v) is 5.65. The van der Waals surface area contributed by atoms with E-state index >= 15 is 0 Å². The average molecular weight is 431 g/mol. The quantitative estimate of drug-likeness (QED) is 0.614. The van der Waals surface area contributed by atoms with Crippen molar-refractivity contribution < 1.29 is 12.8 Å². The van der Waals surface area contributed by atoms with Gasteiger partial charge in [-0.05, 0) is 57.6 Å². The molecule has 0 fully saturated rings. The number of benzene rings is 2. The molecule has 152 valence electrons. The van der Waals surface area contributed by atoms with Crippen LogP contribution in [-0.2, 0) is 28.7 Å². The van der Waals surface area contributed by atoms with Gasteiger partial charge >= 0.3 is 0 Å². The Morgan fingerprint density at radius 2 is 1.93 bits per heavy atom. The van der Waals surface area contributed by atoms with Crippen LogP contribution in [0.25, 0.3) is 0 Å². The van der Waals surface area contributed by atoms with Gasteiger partial charge in [0.15, 0.2) is 0 Å². The molecule has 1 unspecified atom stereocenters. The van der Waals surface area contributed by atoms with Crippen molar-refractivity contribution in [3.8, 4) is 0 Å². The van der Waals surface area contributed by atoms with Crippen molar-refractivity contribution >= 4 is 21.4 Å². The minimum Gasteiger partial charge on any atom is -0.290 e. The fraction of sp³-hybridized carbons (Fsp3) is 0.273. The summed E-state index contributed by atoms with van der Waals surface area (Å²) in [5, 5.41) is 4.09. The van der Waals surface area contributed by atoms with Gasteiger partial charge in [0.05, 0.1) is 5.75 Å². The lowest BCUT2D eigenvalue weighted by Gasteiger charge is -2.35. The summed E-state index contributed by atoms with van der Waals surface area (Å²) < 4.78 is 41.4. The van der Waals surface area contributed by atoms with Crippen LogP contribution in [0.1, 0.15) is 28.3 Å². The molecule has 1 aliphatic heterocycles. The smallest absolute Gasteiger partial charge is 0.215 e. The van der Waals surface area contributed by atoms with Gasteiger partial charge in [0.25, 0.3) is 0 Å². The zero-order valence-corrected chi connectivity index (χ0v) is 17.6. The van der Waals surface area contributed by atoms with Crippen LogP contribution < -0.4 is 4.72 Å². The Balaban J connectivity index is 1.48. The molecule has 2 heterocycles. The second kappa shape index (κ2) is 8.75. The molecule has 1 atom stereocenters. The molecule has 0 spiro atoms. The lowest BCUT2D eigenvalue weighted by molar-refractivity contribution is 0.180. The predicted octanol–water partition coefficient (Wildman–Crippen LogP) is 4.11. The molecule has 4 rings (SSSR count). The van der Waals surface area contributed by atoms with Gasteiger partial charge in [-0.15, -0.1) is 0 Å². The van der Waals surface area contributed by atoms with Crippen LogP contribution in [0.15, 0.2) is 65.4 Å². The molecule has 0 saturated carbocycles. The van der Waals surface area contributed by atoms with Crippen LogP contribution in [0.2, 0.25) is 0 Å². The second-order valence-electron chi connectivity index (χ2n) is 7.30. The molecular formula is C22H23FN2O2S2. The summed E-state index contributed by atoms with van der Waals surface area (Å²) >= 11 is 1.61. The molecule has 2 aromatic carbocycles.